The van der Waals surface area contributed by atoms with Crippen molar-refractivity contribution in [3.63, 3.8) is 0 Å². The molecule has 3 N–H and O–H groups in total. The number of rotatable bonds is 6. The van der Waals surface area contributed by atoms with Crippen molar-refractivity contribution in [2.24, 2.45) is 0 Å². The number of alkyl halides is 3. The highest BCUT2D eigenvalue weighted by Crippen LogP contribution is 2.17. The number of nitrogens with zero attached hydrogens (tertiary/aromatic N) is 1. The Morgan fingerprint density at radius 3 is 3.00 bits per heavy atom. The number of nitrogens with one attached hydrogen (secondary N) is 3. The normalized spacial score (nSPS) is 19.2. The van der Waals surface area contributed by atoms with Gasteiger partial charge in [-0.1, -0.05) is 0 Å². The molecule has 8 heteroatoms. The van der Waals surface area contributed by atoms with E-state index in [9.17, 15) is 13.2 Å². The highest BCUT2D eigenvalue weighted by atomic mass is 19.4. The van der Waals surface area contributed by atoms with Gasteiger partial charge in [0.25, 0.3) is 0 Å². The maximum absolute atomic E-state index is 12.0. The molecule has 1 aliphatic rings. The average Bonchev–Trinajstić information content (AvgIpc) is 2.89. The van der Waals surface area contributed by atoms with Crippen LogP contribution in [0, 0.1) is 0 Å². The lowest BCUT2D eigenvalue weighted by Gasteiger charge is -2.12. The lowest BCUT2D eigenvalue weighted by Crippen LogP contribution is -2.37. The number of ether oxygens (including phenoxy) is 1. The molecular formula is C12H17F3N4O. The van der Waals surface area contributed by atoms with Crippen LogP contribution >= 0.6 is 0 Å². The van der Waals surface area contributed by atoms with Crippen molar-refractivity contribution in [3.05, 3.63) is 23.9 Å². The van der Waals surface area contributed by atoms with E-state index in [1.165, 1.54) is 12.3 Å². The van der Waals surface area contributed by atoms with E-state index in [0.29, 0.717) is 12.6 Å². The van der Waals surface area contributed by atoms with E-state index in [-0.39, 0.29) is 5.88 Å². The van der Waals surface area contributed by atoms with Gasteiger partial charge in [0.15, 0.2) is 6.61 Å². The number of pyridine rings is 1. The summed E-state index contributed by atoms with van der Waals surface area (Å²) in [4.78, 5) is 3.76. The van der Waals surface area contributed by atoms with Crippen LogP contribution in [0.1, 0.15) is 12.0 Å². The second-order valence-electron chi connectivity index (χ2n) is 4.59. The maximum atomic E-state index is 12.0. The van der Waals surface area contributed by atoms with Crippen molar-refractivity contribution >= 4 is 0 Å². The zero-order valence-corrected chi connectivity index (χ0v) is 10.8. The van der Waals surface area contributed by atoms with E-state index in [2.05, 4.69) is 25.9 Å². The van der Waals surface area contributed by atoms with Gasteiger partial charge in [-0.2, -0.15) is 13.2 Å². The van der Waals surface area contributed by atoms with Gasteiger partial charge in [-0.25, -0.2) is 4.98 Å². The van der Waals surface area contributed by atoms with Crippen molar-refractivity contribution in [2.75, 3.05) is 19.7 Å². The predicted octanol–water partition coefficient (Wildman–Crippen LogP) is 0.979. The summed E-state index contributed by atoms with van der Waals surface area (Å²) in [6, 6.07) is 3.63. The second-order valence-corrected chi connectivity index (χ2v) is 4.59. The summed E-state index contributed by atoms with van der Waals surface area (Å²) < 4.78 is 40.7. The minimum absolute atomic E-state index is 0.0118. The number of hydrogen-bond acceptors (Lipinski definition) is 5. The van der Waals surface area contributed by atoms with E-state index >= 15 is 0 Å². The Balaban J connectivity index is 1.76. The SMILES string of the molecule is FC(F)(F)COc1cc(CNCC2CCNN2)ccn1. The molecule has 0 amide bonds. The van der Waals surface area contributed by atoms with Crippen LogP contribution in [-0.4, -0.2) is 36.9 Å². The molecule has 1 aliphatic heterocycles. The Labute approximate surface area is 114 Å². The summed E-state index contributed by atoms with van der Waals surface area (Å²) >= 11 is 0. The van der Waals surface area contributed by atoms with E-state index in [1.54, 1.807) is 6.07 Å². The van der Waals surface area contributed by atoms with Crippen molar-refractivity contribution in [3.8, 4) is 5.88 Å². The molecule has 0 aliphatic carbocycles. The molecule has 0 spiro atoms. The molecule has 5 nitrogen and oxygen atoms in total. The van der Waals surface area contributed by atoms with Gasteiger partial charge in [-0.3, -0.25) is 10.9 Å². The number of halogens is 3. The highest BCUT2D eigenvalue weighted by molar-refractivity contribution is 5.20. The molecule has 112 valence electrons. The van der Waals surface area contributed by atoms with E-state index in [4.69, 9.17) is 0 Å². The zero-order valence-electron chi connectivity index (χ0n) is 10.8. The largest absolute Gasteiger partial charge is 0.468 e. The summed E-state index contributed by atoms with van der Waals surface area (Å²) in [6.45, 7) is 0.961. The Bertz CT molecular complexity index is 421. The molecule has 1 fully saturated rings. The summed E-state index contributed by atoms with van der Waals surface area (Å²) in [5, 5.41) is 3.24. The lowest BCUT2D eigenvalue weighted by atomic mass is 10.2. The first kappa shape index (κ1) is 15.0. The fourth-order valence-corrected chi connectivity index (χ4v) is 1.87. The molecule has 0 aromatic carbocycles. The van der Waals surface area contributed by atoms with Crippen LogP contribution in [0.3, 0.4) is 0 Å². The zero-order chi connectivity index (χ0) is 14.4. The third kappa shape index (κ3) is 5.32. The third-order valence-electron chi connectivity index (χ3n) is 2.83. The van der Waals surface area contributed by atoms with Crippen LogP contribution in [-0.2, 0) is 6.54 Å². The molecule has 1 unspecified atom stereocenters. The summed E-state index contributed by atoms with van der Waals surface area (Å²) in [7, 11) is 0. The van der Waals surface area contributed by atoms with Crippen LogP contribution in [0.5, 0.6) is 5.88 Å². The van der Waals surface area contributed by atoms with Crippen molar-refractivity contribution in [1.29, 1.82) is 0 Å². The molecule has 0 bridgehead atoms. The van der Waals surface area contributed by atoms with Crippen LogP contribution < -0.4 is 20.9 Å². The van der Waals surface area contributed by atoms with Gasteiger partial charge in [0.05, 0.1) is 0 Å². The van der Waals surface area contributed by atoms with E-state index in [1.807, 2.05) is 0 Å². The Morgan fingerprint density at radius 2 is 2.30 bits per heavy atom. The summed E-state index contributed by atoms with van der Waals surface area (Å²) in [6.07, 6.45) is -1.86. The molecule has 0 radical (unpaired) electrons. The molecule has 1 saturated heterocycles. The standard InChI is InChI=1S/C12H17F3N4O/c13-12(14,15)8-20-11-5-9(1-3-17-11)6-16-7-10-2-4-18-19-10/h1,3,5,10,16,18-19H,2,4,6-8H2. The summed E-state index contributed by atoms with van der Waals surface area (Å²) in [5.74, 6) is -0.0118. The molecule has 2 heterocycles. The molecule has 0 saturated carbocycles. The van der Waals surface area contributed by atoms with Crippen LogP contribution in [0.15, 0.2) is 18.3 Å². The van der Waals surface area contributed by atoms with Gasteiger partial charge < -0.3 is 10.1 Å². The van der Waals surface area contributed by atoms with Gasteiger partial charge in [0, 0.05) is 37.9 Å². The van der Waals surface area contributed by atoms with Crippen molar-refractivity contribution in [2.45, 2.75) is 25.2 Å². The van der Waals surface area contributed by atoms with Gasteiger partial charge >= 0.3 is 6.18 Å². The van der Waals surface area contributed by atoms with Gasteiger partial charge in [0.1, 0.15) is 0 Å². The predicted molar refractivity (Wildman–Crippen MR) is 67.0 cm³/mol. The van der Waals surface area contributed by atoms with Crippen molar-refractivity contribution in [1.82, 2.24) is 21.2 Å². The average molecular weight is 290 g/mol. The Kier molecular flexibility index (Phi) is 5.16. The minimum atomic E-state index is -4.35. The number of aromatic nitrogens is 1. The van der Waals surface area contributed by atoms with Gasteiger partial charge in [-0.05, 0) is 18.1 Å². The van der Waals surface area contributed by atoms with Crippen LogP contribution in [0.2, 0.25) is 0 Å². The smallest absolute Gasteiger partial charge is 0.422 e. The lowest BCUT2D eigenvalue weighted by molar-refractivity contribution is -0.154. The maximum Gasteiger partial charge on any atom is 0.422 e. The first-order valence-corrected chi connectivity index (χ1v) is 6.36. The molecule has 1 atom stereocenters. The van der Waals surface area contributed by atoms with Crippen LogP contribution in [0.4, 0.5) is 13.2 Å². The van der Waals surface area contributed by atoms with E-state index in [0.717, 1.165) is 25.1 Å². The van der Waals surface area contributed by atoms with Crippen molar-refractivity contribution < 1.29 is 17.9 Å². The molecule has 2 rings (SSSR count). The third-order valence-corrected chi connectivity index (χ3v) is 2.83. The van der Waals surface area contributed by atoms with E-state index < -0.39 is 12.8 Å². The summed E-state index contributed by atoms with van der Waals surface area (Å²) in [5.41, 5.74) is 6.99. The second kappa shape index (κ2) is 6.87. The molecular weight excluding hydrogens is 273 g/mol. The quantitative estimate of drug-likeness (QED) is 0.729. The molecule has 20 heavy (non-hydrogen) atoms. The number of hydrazine groups is 1. The topological polar surface area (TPSA) is 58.2 Å². The molecule has 1 aromatic rings. The Hall–Kier alpha value is -1.38. The Morgan fingerprint density at radius 1 is 1.45 bits per heavy atom. The van der Waals surface area contributed by atoms with Gasteiger partial charge in [0.2, 0.25) is 5.88 Å². The molecule has 1 aromatic heterocycles. The first-order valence-electron chi connectivity index (χ1n) is 6.36. The first-order chi connectivity index (χ1) is 9.53. The fourth-order valence-electron chi connectivity index (χ4n) is 1.87. The number of hydrogen-bond donors (Lipinski definition) is 3. The fraction of sp³-hybridized carbons (Fsp3) is 0.583. The van der Waals surface area contributed by atoms with Crippen LogP contribution in [0.25, 0.3) is 0 Å². The minimum Gasteiger partial charge on any atom is -0.468 e. The highest BCUT2D eigenvalue weighted by Gasteiger charge is 2.28. The van der Waals surface area contributed by atoms with Gasteiger partial charge in [-0.15, -0.1) is 0 Å². The monoisotopic (exact) mass is 290 g/mol.